The molecule has 0 saturated heterocycles. The van der Waals surface area contributed by atoms with Crippen molar-refractivity contribution in [3.05, 3.63) is 24.4 Å². The maximum absolute atomic E-state index is 11.9. The van der Waals surface area contributed by atoms with Gasteiger partial charge in [-0.3, -0.25) is 4.79 Å². The van der Waals surface area contributed by atoms with Crippen LogP contribution in [0, 0.1) is 5.41 Å². The first-order valence-electron chi connectivity index (χ1n) is 5.80. The maximum atomic E-state index is 11.9. The second kappa shape index (κ2) is 7.07. The monoisotopic (exact) mass is 269 g/mol. The van der Waals surface area contributed by atoms with Crippen molar-refractivity contribution in [2.24, 2.45) is 5.41 Å². The highest BCUT2D eigenvalue weighted by Crippen LogP contribution is 2.31. The van der Waals surface area contributed by atoms with Crippen molar-refractivity contribution >= 4 is 27.4 Å². The third-order valence-corrected chi connectivity index (χ3v) is 5.10. The van der Waals surface area contributed by atoms with E-state index in [0.717, 1.165) is 17.2 Å². The lowest BCUT2D eigenvalue weighted by Gasteiger charge is -2.20. The number of carbonyl (C=O) groups is 1. The van der Waals surface area contributed by atoms with Gasteiger partial charge in [0.25, 0.3) is 0 Å². The van der Waals surface area contributed by atoms with Gasteiger partial charge in [-0.25, -0.2) is 4.98 Å². The SMILES string of the molecule is CCC(C)(C)C(=O)CCSSc1ccccn1. The first-order chi connectivity index (χ1) is 8.06. The molecule has 0 unspecified atom stereocenters. The van der Waals surface area contributed by atoms with Crippen molar-refractivity contribution < 1.29 is 4.79 Å². The fourth-order valence-corrected chi connectivity index (χ4v) is 3.04. The Kier molecular flexibility index (Phi) is 6.06. The molecule has 0 aromatic carbocycles. The van der Waals surface area contributed by atoms with E-state index < -0.39 is 0 Å². The molecule has 0 aliphatic heterocycles. The molecular formula is C13H19NOS2. The summed E-state index contributed by atoms with van der Waals surface area (Å²) < 4.78 is 0. The van der Waals surface area contributed by atoms with E-state index in [1.807, 2.05) is 32.0 Å². The number of hydrogen-bond acceptors (Lipinski definition) is 4. The van der Waals surface area contributed by atoms with Gasteiger partial charge in [0.1, 0.15) is 10.8 Å². The lowest BCUT2D eigenvalue weighted by Crippen LogP contribution is -2.23. The van der Waals surface area contributed by atoms with Crippen LogP contribution in [0.15, 0.2) is 29.4 Å². The van der Waals surface area contributed by atoms with Crippen LogP contribution in [0.2, 0.25) is 0 Å². The Morgan fingerprint density at radius 2 is 2.18 bits per heavy atom. The lowest BCUT2D eigenvalue weighted by molar-refractivity contribution is -0.126. The van der Waals surface area contributed by atoms with Gasteiger partial charge in [-0.1, -0.05) is 37.6 Å². The highest BCUT2D eigenvalue weighted by molar-refractivity contribution is 8.76. The molecule has 1 aromatic rings. The molecule has 4 heteroatoms. The van der Waals surface area contributed by atoms with E-state index in [2.05, 4.69) is 11.9 Å². The highest BCUT2D eigenvalue weighted by atomic mass is 33.1. The molecule has 0 radical (unpaired) electrons. The van der Waals surface area contributed by atoms with Gasteiger partial charge in [0.2, 0.25) is 0 Å². The van der Waals surface area contributed by atoms with Gasteiger partial charge in [-0.15, -0.1) is 0 Å². The van der Waals surface area contributed by atoms with Gasteiger partial charge < -0.3 is 0 Å². The second-order valence-electron chi connectivity index (χ2n) is 4.48. The molecule has 1 aromatic heterocycles. The Morgan fingerprint density at radius 1 is 1.41 bits per heavy atom. The largest absolute Gasteiger partial charge is 0.299 e. The Balaban J connectivity index is 2.23. The predicted molar refractivity (Wildman–Crippen MR) is 76.2 cm³/mol. The van der Waals surface area contributed by atoms with Gasteiger partial charge in [0, 0.05) is 23.8 Å². The average molecular weight is 269 g/mol. The summed E-state index contributed by atoms with van der Waals surface area (Å²) in [5.41, 5.74) is -0.170. The van der Waals surface area contributed by atoms with Crippen LogP contribution in [0.25, 0.3) is 0 Å². The fourth-order valence-electron chi connectivity index (χ4n) is 1.17. The third-order valence-electron chi connectivity index (χ3n) is 2.83. The Bertz CT molecular complexity index is 352. The first kappa shape index (κ1) is 14.6. The second-order valence-corrected chi connectivity index (χ2v) is 6.92. The zero-order valence-corrected chi connectivity index (χ0v) is 12.2. The molecule has 2 nitrogen and oxygen atoms in total. The van der Waals surface area contributed by atoms with Gasteiger partial charge in [0.05, 0.1) is 0 Å². The van der Waals surface area contributed by atoms with E-state index in [4.69, 9.17) is 0 Å². The normalized spacial score (nSPS) is 11.5. The van der Waals surface area contributed by atoms with Crippen LogP contribution in [0.3, 0.4) is 0 Å². The smallest absolute Gasteiger partial charge is 0.139 e. The van der Waals surface area contributed by atoms with Crippen molar-refractivity contribution in [1.29, 1.82) is 0 Å². The van der Waals surface area contributed by atoms with Crippen LogP contribution in [0.5, 0.6) is 0 Å². The van der Waals surface area contributed by atoms with Crippen LogP contribution in [0.4, 0.5) is 0 Å². The highest BCUT2D eigenvalue weighted by Gasteiger charge is 2.24. The minimum Gasteiger partial charge on any atom is -0.299 e. The third kappa shape index (κ3) is 5.13. The van der Waals surface area contributed by atoms with Crippen molar-refractivity contribution in [3.8, 4) is 0 Å². The molecule has 17 heavy (non-hydrogen) atoms. The minimum atomic E-state index is -0.170. The predicted octanol–water partition coefficient (Wildman–Crippen LogP) is 4.22. The van der Waals surface area contributed by atoms with Crippen molar-refractivity contribution in [2.45, 2.75) is 38.6 Å². The van der Waals surface area contributed by atoms with Gasteiger partial charge >= 0.3 is 0 Å². The summed E-state index contributed by atoms with van der Waals surface area (Å²) in [6, 6.07) is 5.86. The molecule has 94 valence electrons. The summed E-state index contributed by atoms with van der Waals surface area (Å²) in [6.07, 6.45) is 3.34. The topological polar surface area (TPSA) is 30.0 Å². The van der Waals surface area contributed by atoms with E-state index >= 15 is 0 Å². The number of Topliss-reactive ketones (excluding diaryl/α,β-unsaturated/α-hetero) is 1. The number of aromatic nitrogens is 1. The molecule has 1 heterocycles. The summed E-state index contributed by atoms with van der Waals surface area (Å²) in [4.78, 5) is 16.1. The van der Waals surface area contributed by atoms with E-state index in [1.165, 1.54) is 0 Å². The molecular weight excluding hydrogens is 250 g/mol. The van der Waals surface area contributed by atoms with E-state index in [0.29, 0.717) is 12.2 Å². The number of pyridine rings is 1. The van der Waals surface area contributed by atoms with Crippen LogP contribution < -0.4 is 0 Å². The minimum absolute atomic E-state index is 0.170. The summed E-state index contributed by atoms with van der Waals surface area (Å²) >= 11 is 0. The maximum Gasteiger partial charge on any atom is 0.139 e. The van der Waals surface area contributed by atoms with Crippen LogP contribution in [0.1, 0.15) is 33.6 Å². The molecule has 1 rings (SSSR count). The summed E-state index contributed by atoms with van der Waals surface area (Å²) in [7, 11) is 3.33. The van der Waals surface area contributed by atoms with E-state index in [-0.39, 0.29) is 5.41 Å². The molecule has 0 amide bonds. The van der Waals surface area contributed by atoms with Gasteiger partial charge in [-0.2, -0.15) is 0 Å². The van der Waals surface area contributed by atoms with Crippen LogP contribution in [-0.2, 0) is 4.79 Å². The zero-order valence-electron chi connectivity index (χ0n) is 10.6. The average Bonchev–Trinajstić information content (AvgIpc) is 2.35. The zero-order chi connectivity index (χ0) is 12.7. The number of hydrogen-bond donors (Lipinski definition) is 0. The summed E-state index contributed by atoms with van der Waals surface area (Å²) in [5.74, 6) is 1.21. The van der Waals surface area contributed by atoms with Crippen LogP contribution >= 0.6 is 21.6 Å². The standard InChI is InChI=1S/C13H19NOS2/c1-4-13(2,3)11(15)8-10-16-17-12-7-5-6-9-14-12/h5-7,9H,4,8,10H2,1-3H3. The molecule has 0 atom stereocenters. The van der Waals surface area contributed by atoms with E-state index in [9.17, 15) is 4.79 Å². The molecule has 0 fully saturated rings. The number of rotatable bonds is 7. The molecule has 0 spiro atoms. The number of carbonyl (C=O) groups excluding carboxylic acids is 1. The Morgan fingerprint density at radius 3 is 2.76 bits per heavy atom. The number of ketones is 1. The molecule has 0 saturated carbocycles. The molecule has 0 aliphatic rings. The molecule has 0 bridgehead atoms. The van der Waals surface area contributed by atoms with Gasteiger partial charge in [0.15, 0.2) is 0 Å². The lowest BCUT2D eigenvalue weighted by atomic mass is 9.84. The number of nitrogens with zero attached hydrogens (tertiary/aromatic N) is 1. The van der Waals surface area contributed by atoms with Crippen molar-refractivity contribution in [3.63, 3.8) is 0 Å². The molecule has 0 aliphatic carbocycles. The van der Waals surface area contributed by atoms with Crippen molar-refractivity contribution in [1.82, 2.24) is 4.98 Å². The molecule has 0 N–H and O–H groups in total. The Labute approximate surface area is 111 Å². The fraction of sp³-hybridized carbons (Fsp3) is 0.538. The quantitative estimate of drug-likeness (QED) is 0.547. The summed E-state index contributed by atoms with van der Waals surface area (Å²) in [5, 5.41) is 1.000. The summed E-state index contributed by atoms with van der Waals surface area (Å²) in [6.45, 7) is 6.10. The van der Waals surface area contributed by atoms with Gasteiger partial charge in [-0.05, 0) is 29.3 Å². The Hall–Kier alpha value is -0.480. The van der Waals surface area contributed by atoms with Crippen LogP contribution in [-0.4, -0.2) is 16.5 Å². The van der Waals surface area contributed by atoms with E-state index in [1.54, 1.807) is 27.8 Å². The first-order valence-corrected chi connectivity index (χ1v) is 8.12. The van der Waals surface area contributed by atoms with Crippen molar-refractivity contribution in [2.75, 3.05) is 5.75 Å².